The second kappa shape index (κ2) is 8.19. The van der Waals surface area contributed by atoms with Gasteiger partial charge in [-0.05, 0) is 55.0 Å². The van der Waals surface area contributed by atoms with Crippen LogP contribution in [-0.4, -0.2) is 31.4 Å². The van der Waals surface area contributed by atoms with Gasteiger partial charge in [0.1, 0.15) is 11.6 Å². The van der Waals surface area contributed by atoms with Crippen LogP contribution in [0.1, 0.15) is 28.8 Å². The molecule has 160 valence electrons. The number of amides is 1. The fourth-order valence-electron chi connectivity index (χ4n) is 3.82. The van der Waals surface area contributed by atoms with Crippen LogP contribution in [0.25, 0.3) is 0 Å². The summed E-state index contributed by atoms with van der Waals surface area (Å²) < 4.78 is 16.0. The van der Waals surface area contributed by atoms with Crippen LogP contribution in [0.3, 0.4) is 0 Å². The first-order chi connectivity index (χ1) is 15.6. The van der Waals surface area contributed by atoms with E-state index in [9.17, 15) is 4.79 Å². The summed E-state index contributed by atoms with van der Waals surface area (Å²) in [6, 6.07) is 20.4. The maximum atomic E-state index is 13.2. The Bertz CT molecular complexity index is 1250. The Hall–Kier alpha value is -4.13. The first kappa shape index (κ1) is 19.8. The molecule has 0 unspecified atom stereocenters. The van der Waals surface area contributed by atoms with Gasteiger partial charge in [-0.15, -0.1) is 0 Å². The fraction of sp³-hybridized carbons (Fsp3) is 0.160. The normalized spacial score (nSPS) is 16.4. The number of fused-ring (bicyclic) bond motifs is 2. The highest BCUT2D eigenvalue weighted by atomic mass is 16.7. The maximum absolute atomic E-state index is 13.2. The number of para-hydroxylation sites is 2. The Morgan fingerprint density at radius 2 is 1.69 bits per heavy atom. The summed E-state index contributed by atoms with van der Waals surface area (Å²) >= 11 is 0. The van der Waals surface area contributed by atoms with E-state index in [0.717, 1.165) is 22.7 Å². The van der Waals surface area contributed by atoms with Gasteiger partial charge in [0, 0.05) is 11.3 Å². The predicted octanol–water partition coefficient (Wildman–Crippen LogP) is 4.77. The van der Waals surface area contributed by atoms with Crippen LogP contribution in [0, 0.1) is 0 Å². The van der Waals surface area contributed by atoms with Gasteiger partial charge < -0.3 is 19.5 Å². The second-order valence-electron chi connectivity index (χ2n) is 7.47. The molecule has 7 heteroatoms. The van der Waals surface area contributed by atoms with Gasteiger partial charge >= 0.3 is 0 Å². The lowest BCUT2D eigenvalue weighted by molar-refractivity contribution is 0.0976. The minimum absolute atomic E-state index is 0.152. The number of carbonyl (C=O) groups excluding carboxylic acids is 1. The quantitative estimate of drug-likeness (QED) is 0.653. The third-order valence-electron chi connectivity index (χ3n) is 5.44. The van der Waals surface area contributed by atoms with E-state index in [1.807, 2.05) is 55.5 Å². The van der Waals surface area contributed by atoms with Crippen molar-refractivity contribution in [1.82, 2.24) is 5.32 Å². The predicted molar refractivity (Wildman–Crippen MR) is 122 cm³/mol. The summed E-state index contributed by atoms with van der Waals surface area (Å²) in [5.41, 5.74) is 3.69. The second-order valence-corrected chi connectivity index (χ2v) is 7.47. The number of hydrogen-bond acceptors (Lipinski definition) is 6. The lowest BCUT2D eigenvalue weighted by atomic mass is 9.93. The van der Waals surface area contributed by atoms with Crippen molar-refractivity contribution < 1.29 is 19.0 Å². The van der Waals surface area contributed by atoms with Crippen LogP contribution < -0.4 is 19.5 Å². The van der Waals surface area contributed by atoms with E-state index in [0.29, 0.717) is 28.6 Å². The van der Waals surface area contributed by atoms with Crippen molar-refractivity contribution in [3.63, 3.8) is 0 Å². The van der Waals surface area contributed by atoms with Crippen LogP contribution in [0.4, 0.5) is 11.4 Å². The van der Waals surface area contributed by atoms with Gasteiger partial charge in [-0.25, -0.2) is 4.99 Å². The molecular formula is C25H21N3O4. The molecule has 0 aliphatic carbocycles. The molecule has 0 radical (unpaired) electrons. The van der Waals surface area contributed by atoms with Gasteiger partial charge in [-0.3, -0.25) is 9.79 Å². The van der Waals surface area contributed by atoms with Crippen molar-refractivity contribution in [3.8, 4) is 17.2 Å². The Balaban J connectivity index is 1.54. The standard InChI is InChI=1S/C25H21N3O4/c1-15-23(16-7-10-18(30-2)11-8-16)24(27-20-6-4-3-5-19(20)26-15)28-25(29)17-9-12-21-22(13-17)32-14-31-21/h3-13,23H,14H2,1-2H3,(H,27,28,29)/t23-/m0/s1. The van der Waals surface area contributed by atoms with Crippen molar-refractivity contribution in [2.24, 2.45) is 9.98 Å². The van der Waals surface area contributed by atoms with E-state index in [2.05, 4.69) is 5.32 Å². The number of amidine groups is 1. The number of carbonyl (C=O) groups is 1. The summed E-state index contributed by atoms with van der Waals surface area (Å²) in [5, 5.41) is 3.02. The molecule has 3 aromatic rings. The molecule has 1 N–H and O–H groups in total. The molecule has 2 aliphatic heterocycles. The minimum atomic E-state index is -0.328. The number of nitrogens with one attached hydrogen (secondary N) is 1. The molecule has 2 heterocycles. The molecule has 1 atom stereocenters. The first-order valence-electron chi connectivity index (χ1n) is 10.2. The average molecular weight is 427 g/mol. The van der Waals surface area contributed by atoms with E-state index in [-0.39, 0.29) is 18.6 Å². The molecule has 0 fully saturated rings. The molecule has 0 saturated carbocycles. The van der Waals surface area contributed by atoms with Gasteiger partial charge in [0.05, 0.1) is 24.4 Å². The van der Waals surface area contributed by atoms with Crippen molar-refractivity contribution in [2.75, 3.05) is 13.9 Å². The van der Waals surface area contributed by atoms with Gasteiger partial charge in [0.15, 0.2) is 11.5 Å². The van der Waals surface area contributed by atoms with E-state index < -0.39 is 0 Å². The number of methoxy groups -OCH3 is 1. The highest BCUT2D eigenvalue weighted by Crippen LogP contribution is 2.35. The lowest BCUT2D eigenvalue weighted by Gasteiger charge is -2.20. The summed E-state index contributed by atoms with van der Waals surface area (Å²) in [4.78, 5) is 22.8. The number of benzene rings is 3. The van der Waals surface area contributed by atoms with Gasteiger partial charge in [0.25, 0.3) is 5.91 Å². The lowest BCUT2D eigenvalue weighted by Crippen LogP contribution is -2.37. The molecule has 5 rings (SSSR count). The Morgan fingerprint density at radius 3 is 2.44 bits per heavy atom. The van der Waals surface area contributed by atoms with Crippen LogP contribution >= 0.6 is 0 Å². The third kappa shape index (κ3) is 3.69. The molecular weight excluding hydrogens is 406 g/mol. The van der Waals surface area contributed by atoms with E-state index in [4.69, 9.17) is 24.2 Å². The van der Waals surface area contributed by atoms with Crippen LogP contribution in [-0.2, 0) is 0 Å². The largest absolute Gasteiger partial charge is 0.497 e. The number of ether oxygens (including phenoxy) is 3. The van der Waals surface area contributed by atoms with Gasteiger partial charge in [0.2, 0.25) is 6.79 Å². The Kier molecular flexibility index (Phi) is 5.07. The Labute approximate surface area is 185 Å². The number of aliphatic imine (C=N–C) groups is 2. The van der Waals surface area contributed by atoms with Crippen LogP contribution in [0.5, 0.6) is 17.2 Å². The molecule has 7 nitrogen and oxygen atoms in total. The van der Waals surface area contributed by atoms with Crippen LogP contribution in [0.15, 0.2) is 76.7 Å². The summed E-state index contributed by atoms with van der Waals surface area (Å²) in [7, 11) is 1.63. The zero-order valence-electron chi connectivity index (χ0n) is 17.7. The van der Waals surface area contributed by atoms with E-state index >= 15 is 0 Å². The first-order valence-corrected chi connectivity index (χ1v) is 10.2. The number of hydrogen-bond donors (Lipinski definition) is 1. The Morgan fingerprint density at radius 1 is 0.969 bits per heavy atom. The fourth-order valence-corrected chi connectivity index (χ4v) is 3.82. The highest BCUT2D eigenvalue weighted by Gasteiger charge is 2.27. The molecule has 3 aromatic carbocycles. The molecule has 0 bridgehead atoms. The molecule has 1 amide bonds. The monoisotopic (exact) mass is 427 g/mol. The van der Waals surface area contributed by atoms with Crippen LogP contribution in [0.2, 0.25) is 0 Å². The summed E-state index contributed by atoms with van der Waals surface area (Å²) in [6.45, 7) is 2.10. The topological polar surface area (TPSA) is 81.5 Å². The third-order valence-corrected chi connectivity index (χ3v) is 5.44. The summed E-state index contributed by atoms with van der Waals surface area (Å²) in [6.07, 6.45) is 0. The van der Waals surface area contributed by atoms with Crippen molar-refractivity contribution in [3.05, 3.63) is 77.9 Å². The molecule has 32 heavy (non-hydrogen) atoms. The zero-order chi connectivity index (χ0) is 22.1. The number of nitrogens with zero attached hydrogens (tertiary/aromatic N) is 2. The van der Waals surface area contributed by atoms with Gasteiger partial charge in [-0.2, -0.15) is 0 Å². The SMILES string of the molecule is COc1ccc([C@@H]2C(C)=Nc3ccccc3N=C2NC(=O)c2ccc3c(c2)OCO3)cc1. The van der Waals surface area contributed by atoms with Crippen molar-refractivity contribution in [2.45, 2.75) is 12.8 Å². The van der Waals surface area contributed by atoms with Gasteiger partial charge in [-0.1, -0.05) is 24.3 Å². The smallest absolute Gasteiger partial charge is 0.256 e. The molecule has 0 aromatic heterocycles. The van der Waals surface area contributed by atoms with E-state index in [1.54, 1.807) is 25.3 Å². The summed E-state index contributed by atoms with van der Waals surface area (Å²) in [5.74, 6) is 1.82. The average Bonchev–Trinajstić information content (AvgIpc) is 3.23. The minimum Gasteiger partial charge on any atom is -0.497 e. The van der Waals surface area contributed by atoms with E-state index in [1.165, 1.54) is 0 Å². The van der Waals surface area contributed by atoms with Crippen molar-refractivity contribution in [1.29, 1.82) is 0 Å². The van der Waals surface area contributed by atoms with Crippen molar-refractivity contribution >= 4 is 28.8 Å². The highest BCUT2D eigenvalue weighted by molar-refractivity contribution is 6.19. The molecule has 0 saturated heterocycles. The molecule has 2 aliphatic rings. The number of rotatable bonds is 3. The molecule has 0 spiro atoms. The maximum Gasteiger partial charge on any atom is 0.256 e. The zero-order valence-corrected chi connectivity index (χ0v) is 17.7.